The third-order valence-electron chi connectivity index (χ3n) is 2.95. The molecule has 0 saturated carbocycles. The summed E-state index contributed by atoms with van der Waals surface area (Å²) in [5, 5.41) is 11.8. The Bertz CT molecular complexity index is 178. The van der Waals surface area contributed by atoms with Gasteiger partial charge in [-0.15, -0.1) is 0 Å². The molecule has 0 radical (unpaired) electrons. The van der Waals surface area contributed by atoms with Crippen LogP contribution < -0.4 is 5.32 Å². The number of hydrogen-bond donors (Lipinski definition) is 1. The maximum absolute atomic E-state index is 8.39. The number of nitrogens with one attached hydrogen (secondary N) is 1. The van der Waals surface area contributed by atoms with E-state index in [1.165, 1.54) is 51.9 Å². The molecule has 0 spiro atoms. The van der Waals surface area contributed by atoms with Crippen LogP contribution in [0.25, 0.3) is 0 Å². The highest BCUT2D eigenvalue weighted by atomic mass is 15.1. The van der Waals surface area contributed by atoms with Crippen molar-refractivity contribution in [3.63, 3.8) is 0 Å². The molecule has 1 heterocycles. The second-order valence-corrected chi connectivity index (χ2v) is 4.27. The van der Waals surface area contributed by atoms with Gasteiger partial charge in [0.05, 0.1) is 6.07 Å². The third-order valence-corrected chi connectivity index (χ3v) is 2.95. The number of nitriles is 1. The molecule has 1 aliphatic rings. The minimum atomic E-state index is 0.730. The summed E-state index contributed by atoms with van der Waals surface area (Å²) >= 11 is 0. The van der Waals surface area contributed by atoms with Crippen molar-refractivity contribution in [3.8, 4) is 6.07 Å². The fourth-order valence-electron chi connectivity index (χ4n) is 2.02. The van der Waals surface area contributed by atoms with Gasteiger partial charge in [-0.25, -0.2) is 0 Å². The normalized spacial score (nSPS) is 18.3. The van der Waals surface area contributed by atoms with Crippen LogP contribution in [0.4, 0.5) is 0 Å². The second-order valence-electron chi connectivity index (χ2n) is 4.27. The highest BCUT2D eigenvalue weighted by Crippen LogP contribution is 2.04. The van der Waals surface area contributed by atoms with E-state index in [4.69, 9.17) is 5.26 Å². The van der Waals surface area contributed by atoms with Crippen LogP contribution in [0.5, 0.6) is 0 Å². The summed E-state index contributed by atoms with van der Waals surface area (Å²) in [4.78, 5) is 2.56. The van der Waals surface area contributed by atoms with Gasteiger partial charge in [-0.05, 0) is 38.9 Å². The molecule has 0 atom stereocenters. The molecule has 0 bridgehead atoms. The Balaban J connectivity index is 1.92. The first kappa shape index (κ1) is 12.5. The molecule has 0 aromatic heterocycles. The zero-order chi connectivity index (χ0) is 10.8. The first-order chi connectivity index (χ1) is 7.43. The van der Waals surface area contributed by atoms with Crippen LogP contribution in [0.2, 0.25) is 0 Å². The van der Waals surface area contributed by atoms with E-state index in [9.17, 15) is 0 Å². The standard InChI is InChI=1S/C12H23N3/c13-7-4-2-1-3-5-10-15-11-6-8-14-9-12-15/h14H,1-6,8-12H2. The summed E-state index contributed by atoms with van der Waals surface area (Å²) in [5.74, 6) is 0. The number of rotatable bonds is 6. The predicted octanol–water partition coefficient (Wildman–Crippen LogP) is 1.76. The lowest BCUT2D eigenvalue weighted by molar-refractivity contribution is 0.285. The minimum Gasteiger partial charge on any atom is -0.315 e. The zero-order valence-electron chi connectivity index (χ0n) is 9.67. The van der Waals surface area contributed by atoms with Gasteiger partial charge in [-0.3, -0.25) is 0 Å². The Labute approximate surface area is 93.5 Å². The van der Waals surface area contributed by atoms with Gasteiger partial charge in [0.2, 0.25) is 0 Å². The van der Waals surface area contributed by atoms with E-state index in [2.05, 4.69) is 16.3 Å². The van der Waals surface area contributed by atoms with Gasteiger partial charge in [0.1, 0.15) is 0 Å². The Morgan fingerprint density at radius 2 is 1.93 bits per heavy atom. The van der Waals surface area contributed by atoms with E-state index in [0.717, 1.165) is 19.4 Å². The average molecular weight is 209 g/mol. The molecule has 1 aliphatic heterocycles. The molecule has 3 nitrogen and oxygen atoms in total. The maximum Gasteiger partial charge on any atom is 0.0621 e. The van der Waals surface area contributed by atoms with Crippen molar-refractivity contribution in [1.82, 2.24) is 10.2 Å². The lowest BCUT2D eigenvalue weighted by atomic mass is 10.1. The van der Waals surface area contributed by atoms with E-state index in [-0.39, 0.29) is 0 Å². The van der Waals surface area contributed by atoms with Crippen molar-refractivity contribution >= 4 is 0 Å². The van der Waals surface area contributed by atoms with E-state index in [1.54, 1.807) is 0 Å². The molecule has 0 unspecified atom stereocenters. The fraction of sp³-hybridized carbons (Fsp3) is 0.917. The van der Waals surface area contributed by atoms with E-state index in [1.807, 2.05) is 0 Å². The highest BCUT2D eigenvalue weighted by molar-refractivity contribution is 4.68. The van der Waals surface area contributed by atoms with Crippen molar-refractivity contribution in [2.24, 2.45) is 0 Å². The van der Waals surface area contributed by atoms with Crippen molar-refractivity contribution in [2.75, 3.05) is 32.7 Å². The molecule has 1 rings (SSSR count). The maximum atomic E-state index is 8.39. The zero-order valence-corrected chi connectivity index (χ0v) is 9.67. The van der Waals surface area contributed by atoms with Crippen LogP contribution in [0.3, 0.4) is 0 Å². The Morgan fingerprint density at radius 1 is 1.07 bits per heavy atom. The molecule has 3 heteroatoms. The Hall–Kier alpha value is -0.590. The summed E-state index contributed by atoms with van der Waals surface area (Å²) in [5.41, 5.74) is 0. The van der Waals surface area contributed by atoms with Crippen LogP contribution >= 0.6 is 0 Å². The summed E-state index contributed by atoms with van der Waals surface area (Å²) < 4.78 is 0. The quantitative estimate of drug-likeness (QED) is 0.677. The molecule has 86 valence electrons. The number of unbranched alkanes of at least 4 members (excludes halogenated alkanes) is 4. The molecule has 1 N–H and O–H groups in total. The van der Waals surface area contributed by atoms with Crippen LogP contribution in [0.1, 0.15) is 38.5 Å². The van der Waals surface area contributed by atoms with Gasteiger partial charge < -0.3 is 10.2 Å². The predicted molar refractivity (Wildman–Crippen MR) is 62.6 cm³/mol. The molecule has 1 fully saturated rings. The SMILES string of the molecule is N#CCCCCCCN1CCCNCC1. The molecule has 1 saturated heterocycles. The van der Waals surface area contributed by atoms with Gasteiger partial charge in [-0.1, -0.05) is 12.8 Å². The molecule has 0 aliphatic carbocycles. The van der Waals surface area contributed by atoms with Gasteiger partial charge in [0.15, 0.2) is 0 Å². The summed E-state index contributed by atoms with van der Waals surface area (Å²) in [6.07, 6.45) is 6.90. The van der Waals surface area contributed by atoms with Gasteiger partial charge in [-0.2, -0.15) is 5.26 Å². The van der Waals surface area contributed by atoms with E-state index < -0.39 is 0 Å². The molecular formula is C12H23N3. The first-order valence-corrected chi connectivity index (χ1v) is 6.23. The lowest BCUT2D eigenvalue weighted by Crippen LogP contribution is -2.29. The Morgan fingerprint density at radius 3 is 2.80 bits per heavy atom. The van der Waals surface area contributed by atoms with Crippen molar-refractivity contribution in [1.29, 1.82) is 5.26 Å². The van der Waals surface area contributed by atoms with Crippen LogP contribution in [-0.4, -0.2) is 37.6 Å². The topological polar surface area (TPSA) is 39.1 Å². The lowest BCUT2D eigenvalue weighted by Gasteiger charge is -2.18. The summed E-state index contributed by atoms with van der Waals surface area (Å²) in [7, 11) is 0. The molecule has 15 heavy (non-hydrogen) atoms. The largest absolute Gasteiger partial charge is 0.315 e. The van der Waals surface area contributed by atoms with Gasteiger partial charge in [0, 0.05) is 19.5 Å². The second kappa shape index (κ2) is 8.70. The number of nitrogens with zero attached hydrogens (tertiary/aromatic N) is 2. The molecule has 0 aromatic carbocycles. The van der Waals surface area contributed by atoms with Gasteiger partial charge >= 0.3 is 0 Å². The fourth-order valence-corrected chi connectivity index (χ4v) is 2.02. The molecule has 0 amide bonds. The van der Waals surface area contributed by atoms with Crippen LogP contribution in [0, 0.1) is 11.3 Å². The van der Waals surface area contributed by atoms with E-state index in [0.29, 0.717) is 0 Å². The van der Waals surface area contributed by atoms with Gasteiger partial charge in [0.25, 0.3) is 0 Å². The molecular weight excluding hydrogens is 186 g/mol. The van der Waals surface area contributed by atoms with Crippen molar-refractivity contribution in [3.05, 3.63) is 0 Å². The smallest absolute Gasteiger partial charge is 0.0621 e. The van der Waals surface area contributed by atoms with Crippen molar-refractivity contribution < 1.29 is 0 Å². The highest BCUT2D eigenvalue weighted by Gasteiger charge is 2.06. The third kappa shape index (κ3) is 6.48. The minimum absolute atomic E-state index is 0.730. The summed E-state index contributed by atoms with van der Waals surface area (Å²) in [6.45, 7) is 6.03. The number of hydrogen-bond acceptors (Lipinski definition) is 3. The Kier molecular flexibility index (Phi) is 7.24. The van der Waals surface area contributed by atoms with Crippen LogP contribution in [-0.2, 0) is 0 Å². The molecule has 0 aromatic rings. The average Bonchev–Trinajstić information content (AvgIpc) is 2.52. The van der Waals surface area contributed by atoms with Crippen molar-refractivity contribution in [2.45, 2.75) is 38.5 Å². The first-order valence-electron chi connectivity index (χ1n) is 6.23. The summed E-state index contributed by atoms with van der Waals surface area (Å²) in [6, 6.07) is 2.20. The monoisotopic (exact) mass is 209 g/mol. The van der Waals surface area contributed by atoms with E-state index >= 15 is 0 Å². The van der Waals surface area contributed by atoms with Crippen LogP contribution in [0.15, 0.2) is 0 Å².